The number of allylic oxidation sites excluding steroid dienone is 1. The Morgan fingerprint density at radius 2 is 1.90 bits per heavy atom. The van der Waals surface area contributed by atoms with Gasteiger partial charge in [0.1, 0.15) is 17.5 Å². The number of hydrogen-bond acceptors (Lipinski definition) is 7. The van der Waals surface area contributed by atoms with Crippen molar-refractivity contribution in [1.82, 2.24) is 5.48 Å². The summed E-state index contributed by atoms with van der Waals surface area (Å²) in [4.78, 5) is 31.8. The van der Waals surface area contributed by atoms with Crippen LogP contribution < -0.4 is 5.48 Å². The molecule has 1 unspecified atom stereocenters. The number of carbonyl (C=O) groups is 2. The van der Waals surface area contributed by atoms with Gasteiger partial charge in [-0.1, -0.05) is 6.92 Å². The average Bonchev–Trinajstić information content (AvgIpc) is 3.32. The molecule has 152 valence electrons. The van der Waals surface area contributed by atoms with E-state index in [1.165, 1.54) is 6.08 Å². The van der Waals surface area contributed by atoms with Crippen LogP contribution in [-0.2, 0) is 19.2 Å². The van der Waals surface area contributed by atoms with Crippen LogP contribution in [0.2, 0.25) is 0 Å². The van der Waals surface area contributed by atoms with Crippen molar-refractivity contribution in [3.05, 3.63) is 48.1 Å². The Morgan fingerprint density at radius 1 is 1.17 bits per heavy atom. The molecule has 2 aliphatic carbocycles. The van der Waals surface area contributed by atoms with Gasteiger partial charge in [-0.25, -0.2) is 4.79 Å². The van der Waals surface area contributed by atoms with Gasteiger partial charge in [-0.3, -0.25) is 15.1 Å². The average molecular weight is 397 g/mol. The normalized spacial score (nSPS) is 42.9. The fourth-order valence-electron chi connectivity index (χ4n) is 5.47. The number of aliphatic hydroxyl groups is 1. The third-order valence-corrected chi connectivity index (χ3v) is 7.40. The molecule has 0 bridgehead atoms. The minimum absolute atomic E-state index is 0.139. The number of ketones is 1. The third kappa shape index (κ3) is 2.14. The van der Waals surface area contributed by atoms with Gasteiger partial charge in [0, 0.05) is 5.92 Å². The maximum Gasteiger partial charge on any atom is 0.346 e. The first-order valence-corrected chi connectivity index (χ1v) is 9.86. The summed E-state index contributed by atoms with van der Waals surface area (Å²) in [5, 5.41) is 20.9. The van der Waals surface area contributed by atoms with Crippen molar-refractivity contribution in [2.24, 2.45) is 17.3 Å². The molecule has 3 N–H and O–H groups in total. The SMILES string of the molecule is C[C@H]1CC[C@@H]2[C@@H](OC(=O)C23C=C(c2ccc(O)cc2)NO3)[C@]2(C)C(=O)C=C[C@@]12O. The number of hydrogen-bond donors (Lipinski definition) is 3. The van der Waals surface area contributed by atoms with Gasteiger partial charge in [0.05, 0.1) is 11.1 Å². The summed E-state index contributed by atoms with van der Waals surface area (Å²) < 4.78 is 5.78. The Kier molecular flexibility index (Phi) is 3.62. The summed E-state index contributed by atoms with van der Waals surface area (Å²) in [5.41, 5.74) is 0.176. The number of phenols is 1. The molecule has 1 saturated carbocycles. The van der Waals surface area contributed by atoms with E-state index in [4.69, 9.17) is 9.57 Å². The molecule has 4 aliphatic rings. The van der Waals surface area contributed by atoms with E-state index < -0.39 is 34.6 Å². The van der Waals surface area contributed by atoms with Crippen molar-refractivity contribution in [2.45, 2.75) is 44.0 Å². The highest BCUT2D eigenvalue weighted by atomic mass is 16.7. The molecule has 7 heteroatoms. The lowest BCUT2D eigenvalue weighted by atomic mass is 9.64. The second-order valence-electron chi connectivity index (χ2n) is 8.74. The Balaban J connectivity index is 1.59. The number of carbonyl (C=O) groups excluding carboxylic acids is 2. The van der Waals surface area contributed by atoms with E-state index in [2.05, 4.69) is 5.48 Å². The van der Waals surface area contributed by atoms with Crippen molar-refractivity contribution < 1.29 is 29.4 Å². The summed E-state index contributed by atoms with van der Waals surface area (Å²) in [6.45, 7) is 3.61. The highest BCUT2D eigenvalue weighted by molar-refractivity contribution is 6.01. The van der Waals surface area contributed by atoms with Gasteiger partial charge in [0.25, 0.3) is 0 Å². The maximum atomic E-state index is 13.0. The van der Waals surface area contributed by atoms with Crippen LogP contribution in [0.3, 0.4) is 0 Å². The van der Waals surface area contributed by atoms with E-state index in [1.807, 2.05) is 6.92 Å². The number of rotatable bonds is 1. The molecule has 6 atom stereocenters. The summed E-state index contributed by atoms with van der Waals surface area (Å²) in [6.07, 6.45) is 5.06. The van der Waals surface area contributed by atoms with Crippen LogP contribution in [0.15, 0.2) is 42.5 Å². The minimum atomic E-state index is -1.37. The number of aromatic hydroxyl groups is 1. The van der Waals surface area contributed by atoms with Gasteiger partial charge >= 0.3 is 5.97 Å². The first-order chi connectivity index (χ1) is 13.7. The van der Waals surface area contributed by atoms with Crippen molar-refractivity contribution in [3.8, 4) is 5.75 Å². The van der Waals surface area contributed by atoms with Crippen LogP contribution in [0, 0.1) is 17.3 Å². The molecule has 0 amide bonds. The molecule has 7 nitrogen and oxygen atoms in total. The van der Waals surface area contributed by atoms with Crippen LogP contribution in [0.4, 0.5) is 0 Å². The van der Waals surface area contributed by atoms with Gasteiger partial charge in [-0.15, -0.1) is 0 Å². The molecular formula is C22H23NO6. The fourth-order valence-corrected chi connectivity index (χ4v) is 5.47. The molecule has 29 heavy (non-hydrogen) atoms. The van der Waals surface area contributed by atoms with Gasteiger partial charge in [-0.05, 0) is 73.7 Å². The van der Waals surface area contributed by atoms with Crippen LogP contribution in [-0.4, -0.2) is 39.3 Å². The highest BCUT2D eigenvalue weighted by Crippen LogP contribution is 2.59. The number of fused-ring (bicyclic) bond motifs is 4. The van der Waals surface area contributed by atoms with Crippen LogP contribution in [0.5, 0.6) is 5.75 Å². The molecule has 1 saturated heterocycles. The number of phenolic OH excluding ortho intramolecular Hbond substituents is 1. The van der Waals surface area contributed by atoms with Gasteiger partial charge in [0.15, 0.2) is 5.78 Å². The highest BCUT2D eigenvalue weighted by Gasteiger charge is 2.72. The van der Waals surface area contributed by atoms with Crippen molar-refractivity contribution in [1.29, 1.82) is 0 Å². The van der Waals surface area contributed by atoms with Crippen molar-refractivity contribution >= 4 is 17.4 Å². The number of benzene rings is 1. The third-order valence-electron chi connectivity index (χ3n) is 7.40. The molecule has 2 fully saturated rings. The Morgan fingerprint density at radius 3 is 2.62 bits per heavy atom. The topological polar surface area (TPSA) is 105 Å². The maximum absolute atomic E-state index is 13.0. The van der Waals surface area contributed by atoms with E-state index in [-0.39, 0.29) is 17.5 Å². The zero-order chi connectivity index (χ0) is 20.6. The lowest BCUT2D eigenvalue weighted by Gasteiger charge is -2.43. The number of esters is 1. The number of ether oxygens (including phenoxy) is 1. The first-order valence-electron chi connectivity index (χ1n) is 9.86. The monoisotopic (exact) mass is 397 g/mol. The van der Waals surface area contributed by atoms with E-state index in [0.717, 1.165) is 5.56 Å². The Labute approximate surface area is 168 Å². The predicted molar refractivity (Wildman–Crippen MR) is 102 cm³/mol. The molecule has 1 spiro atoms. The van der Waals surface area contributed by atoms with Crippen LogP contribution in [0.25, 0.3) is 5.70 Å². The number of nitrogens with one attached hydrogen (secondary N) is 1. The largest absolute Gasteiger partial charge is 0.508 e. The summed E-state index contributed by atoms with van der Waals surface area (Å²) in [7, 11) is 0. The van der Waals surface area contributed by atoms with E-state index >= 15 is 0 Å². The van der Waals surface area contributed by atoms with E-state index in [1.54, 1.807) is 43.3 Å². The van der Waals surface area contributed by atoms with Gasteiger partial charge < -0.3 is 14.9 Å². The Bertz CT molecular complexity index is 968. The summed E-state index contributed by atoms with van der Waals surface area (Å²) in [5.74, 6) is -1.26. The molecule has 1 aromatic carbocycles. The van der Waals surface area contributed by atoms with Crippen molar-refractivity contribution in [3.63, 3.8) is 0 Å². The molecule has 2 heterocycles. The molecule has 0 aromatic heterocycles. The fraction of sp³-hybridized carbons (Fsp3) is 0.455. The zero-order valence-corrected chi connectivity index (χ0v) is 16.2. The smallest absolute Gasteiger partial charge is 0.346 e. The Hall–Kier alpha value is -2.64. The standard InChI is InChI=1S/C22H23NO6/c1-12-3-8-15-18(20(2)17(25)9-10-22(12,20)27)28-19(26)21(15)11-16(23-29-21)13-4-6-14(24)7-5-13/h4-7,9-12,15,18,23-24,27H,3,8H2,1-2H3/t12-,15+,18+,20-,21?,22+/m0/s1. The first kappa shape index (κ1) is 18.4. The lowest BCUT2D eigenvalue weighted by Crippen LogP contribution is -2.57. The van der Waals surface area contributed by atoms with Gasteiger partial charge in [0.2, 0.25) is 5.60 Å². The van der Waals surface area contributed by atoms with E-state index in [0.29, 0.717) is 18.5 Å². The second kappa shape index (κ2) is 5.70. The molecule has 2 aliphatic heterocycles. The molecule has 0 radical (unpaired) electrons. The molecule has 5 rings (SSSR count). The van der Waals surface area contributed by atoms with Crippen LogP contribution in [0.1, 0.15) is 32.3 Å². The summed E-state index contributed by atoms with van der Waals surface area (Å²) >= 11 is 0. The van der Waals surface area contributed by atoms with Crippen LogP contribution >= 0.6 is 0 Å². The zero-order valence-electron chi connectivity index (χ0n) is 16.2. The minimum Gasteiger partial charge on any atom is -0.508 e. The predicted octanol–water partition coefficient (Wildman–Crippen LogP) is 1.85. The lowest BCUT2D eigenvalue weighted by molar-refractivity contribution is -0.169. The quantitative estimate of drug-likeness (QED) is 0.621. The second-order valence-corrected chi connectivity index (χ2v) is 8.74. The summed E-state index contributed by atoms with van der Waals surface area (Å²) in [6, 6.07) is 6.54. The van der Waals surface area contributed by atoms with Crippen molar-refractivity contribution in [2.75, 3.05) is 0 Å². The van der Waals surface area contributed by atoms with Gasteiger partial charge in [-0.2, -0.15) is 0 Å². The molecular weight excluding hydrogens is 374 g/mol. The van der Waals surface area contributed by atoms with E-state index in [9.17, 15) is 19.8 Å². The molecule has 1 aromatic rings. The number of hydroxylamine groups is 1.